The van der Waals surface area contributed by atoms with Crippen molar-refractivity contribution in [1.82, 2.24) is 14.9 Å². The molecule has 15 heavy (non-hydrogen) atoms. The van der Waals surface area contributed by atoms with E-state index in [0.29, 0.717) is 28.6 Å². The number of hydrogen-bond donors (Lipinski definition) is 0. The van der Waals surface area contributed by atoms with Crippen molar-refractivity contribution in [3.63, 3.8) is 0 Å². The Morgan fingerprint density at radius 3 is 2.60 bits per heavy atom. The number of ether oxygens (including phenoxy) is 1. The molecule has 0 unspecified atom stereocenters. The highest BCUT2D eigenvalue weighted by Crippen LogP contribution is 2.24. The Labute approximate surface area is 103 Å². The summed E-state index contributed by atoms with van der Waals surface area (Å²) in [6, 6.07) is 0. The molecule has 0 radical (unpaired) electrons. The Hall–Kier alpha value is -0.230. The average molecular weight is 295 g/mol. The minimum absolute atomic E-state index is 0.420. The van der Waals surface area contributed by atoms with Gasteiger partial charge in [0.1, 0.15) is 11.0 Å². The third-order valence-electron chi connectivity index (χ3n) is 1.66. The summed E-state index contributed by atoms with van der Waals surface area (Å²) in [5, 5.41) is 0.425. The number of halogens is 2. The summed E-state index contributed by atoms with van der Waals surface area (Å²) in [4.78, 5) is 10.5. The molecule has 0 aliphatic heterocycles. The SMILES string of the molecule is COCc1nc(CN(C)C)nc(Cl)c1Br. The molecule has 0 spiro atoms. The van der Waals surface area contributed by atoms with E-state index in [-0.39, 0.29) is 0 Å². The lowest BCUT2D eigenvalue weighted by Gasteiger charge is -2.11. The van der Waals surface area contributed by atoms with Crippen LogP contribution < -0.4 is 0 Å². The van der Waals surface area contributed by atoms with E-state index in [9.17, 15) is 0 Å². The lowest BCUT2D eigenvalue weighted by Crippen LogP contribution is -2.14. The summed E-state index contributed by atoms with van der Waals surface area (Å²) in [6.45, 7) is 1.08. The van der Waals surface area contributed by atoms with E-state index in [1.807, 2.05) is 19.0 Å². The average Bonchev–Trinajstić information content (AvgIpc) is 2.12. The fourth-order valence-corrected chi connectivity index (χ4v) is 1.60. The second-order valence-corrected chi connectivity index (χ2v) is 4.51. The predicted octanol–water partition coefficient (Wildman–Crippen LogP) is 2.10. The van der Waals surface area contributed by atoms with Crippen LogP contribution >= 0.6 is 27.5 Å². The van der Waals surface area contributed by atoms with Gasteiger partial charge in [-0.05, 0) is 30.0 Å². The van der Waals surface area contributed by atoms with Gasteiger partial charge in [-0.1, -0.05) is 11.6 Å². The minimum Gasteiger partial charge on any atom is -0.378 e. The van der Waals surface area contributed by atoms with E-state index >= 15 is 0 Å². The molecule has 0 aliphatic rings. The Morgan fingerprint density at radius 2 is 2.07 bits per heavy atom. The number of rotatable bonds is 4. The van der Waals surface area contributed by atoms with Crippen LogP contribution in [-0.4, -0.2) is 36.1 Å². The van der Waals surface area contributed by atoms with Gasteiger partial charge in [-0.3, -0.25) is 0 Å². The molecule has 1 rings (SSSR count). The molecule has 1 aromatic heterocycles. The monoisotopic (exact) mass is 293 g/mol. The Morgan fingerprint density at radius 1 is 1.40 bits per heavy atom. The van der Waals surface area contributed by atoms with E-state index in [1.54, 1.807) is 7.11 Å². The van der Waals surface area contributed by atoms with Gasteiger partial charge in [0, 0.05) is 7.11 Å². The van der Waals surface area contributed by atoms with Crippen molar-refractivity contribution in [1.29, 1.82) is 0 Å². The van der Waals surface area contributed by atoms with Gasteiger partial charge in [0.25, 0.3) is 0 Å². The van der Waals surface area contributed by atoms with Crippen LogP contribution in [0.1, 0.15) is 11.5 Å². The first-order valence-electron chi connectivity index (χ1n) is 4.39. The standard InChI is InChI=1S/C9H13BrClN3O/c1-14(2)4-7-12-6(5-15-3)8(10)9(11)13-7/h4-5H2,1-3H3. The van der Waals surface area contributed by atoms with E-state index in [0.717, 1.165) is 5.69 Å². The van der Waals surface area contributed by atoms with E-state index in [2.05, 4.69) is 25.9 Å². The first kappa shape index (κ1) is 12.8. The second-order valence-electron chi connectivity index (χ2n) is 3.36. The molecular formula is C9H13BrClN3O. The van der Waals surface area contributed by atoms with Crippen molar-refractivity contribution in [3.05, 3.63) is 21.1 Å². The molecule has 0 amide bonds. The summed E-state index contributed by atoms with van der Waals surface area (Å²) in [7, 11) is 5.53. The molecule has 0 fully saturated rings. The van der Waals surface area contributed by atoms with Crippen molar-refractivity contribution >= 4 is 27.5 Å². The van der Waals surface area contributed by atoms with Crippen LogP contribution in [0, 0.1) is 0 Å². The molecule has 0 saturated carbocycles. The molecule has 4 nitrogen and oxygen atoms in total. The summed E-state index contributed by atoms with van der Waals surface area (Å²) >= 11 is 9.30. The molecule has 0 N–H and O–H groups in total. The molecule has 0 atom stereocenters. The second kappa shape index (κ2) is 5.75. The van der Waals surface area contributed by atoms with Crippen LogP contribution in [0.25, 0.3) is 0 Å². The van der Waals surface area contributed by atoms with Crippen LogP contribution in [0.3, 0.4) is 0 Å². The number of hydrogen-bond acceptors (Lipinski definition) is 4. The van der Waals surface area contributed by atoms with Crippen LogP contribution in [-0.2, 0) is 17.9 Å². The molecular weight excluding hydrogens is 281 g/mol. The summed E-state index contributed by atoms with van der Waals surface area (Å²) in [5.74, 6) is 0.695. The lowest BCUT2D eigenvalue weighted by molar-refractivity contribution is 0.180. The van der Waals surface area contributed by atoms with Crippen LogP contribution in [0.2, 0.25) is 5.15 Å². The molecule has 1 heterocycles. The smallest absolute Gasteiger partial charge is 0.147 e. The minimum atomic E-state index is 0.420. The molecule has 0 saturated heterocycles. The Kier molecular flexibility index (Phi) is 4.92. The van der Waals surface area contributed by atoms with Crippen molar-refractivity contribution in [2.45, 2.75) is 13.2 Å². The van der Waals surface area contributed by atoms with Gasteiger partial charge in [0.05, 0.1) is 23.3 Å². The van der Waals surface area contributed by atoms with Crippen molar-refractivity contribution in [2.24, 2.45) is 0 Å². The molecule has 0 aliphatic carbocycles. The summed E-state index contributed by atoms with van der Waals surface area (Å²) in [5.41, 5.74) is 0.773. The summed E-state index contributed by atoms with van der Waals surface area (Å²) < 4.78 is 5.73. The fourth-order valence-electron chi connectivity index (χ4n) is 1.10. The Bertz CT molecular complexity index is 346. The maximum Gasteiger partial charge on any atom is 0.147 e. The predicted molar refractivity (Wildman–Crippen MR) is 62.8 cm³/mol. The van der Waals surface area contributed by atoms with Gasteiger partial charge in [-0.2, -0.15) is 0 Å². The zero-order valence-electron chi connectivity index (χ0n) is 8.92. The van der Waals surface area contributed by atoms with Gasteiger partial charge >= 0.3 is 0 Å². The zero-order chi connectivity index (χ0) is 11.4. The van der Waals surface area contributed by atoms with Gasteiger partial charge in [0.2, 0.25) is 0 Å². The van der Waals surface area contributed by atoms with Crippen LogP contribution in [0.4, 0.5) is 0 Å². The maximum absolute atomic E-state index is 5.97. The summed E-state index contributed by atoms with van der Waals surface area (Å²) in [6.07, 6.45) is 0. The number of aromatic nitrogens is 2. The molecule has 6 heteroatoms. The van der Waals surface area contributed by atoms with Gasteiger partial charge in [-0.15, -0.1) is 0 Å². The third kappa shape index (κ3) is 3.68. The first-order chi connectivity index (χ1) is 7.04. The van der Waals surface area contributed by atoms with E-state index in [4.69, 9.17) is 16.3 Å². The lowest BCUT2D eigenvalue weighted by atomic mass is 10.4. The van der Waals surface area contributed by atoms with Crippen molar-refractivity contribution in [2.75, 3.05) is 21.2 Å². The first-order valence-corrected chi connectivity index (χ1v) is 5.56. The zero-order valence-corrected chi connectivity index (χ0v) is 11.3. The molecule has 1 aromatic rings. The van der Waals surface area contributed by atoms with Crippen LogP contribution in [0.5, 0.6) is 0 Å². The van der Waals surface area contributed by atoms with Crippen molar-refractivity contribution < 1.29 is 4.74 Å². The van der Waals surface area contributed by atoms with Crippen LogP contribution in [0.15, 0.2) is 4.47 Å². The topological polar surface area (TPSA) is 38.2 Å². The molecule has 0 bridgehead atoms. The maximum atomic E-state index is 5.97. The molecule has 84 valence electrons. The van der Waals surface area contributed by atoms with Crippen molar-refractivity contribution in [3.8, 4) is 0 Å². The number of nitrogens with zero attached hydrogens (tertiary/aromatic N) is 3. The highest BCUT2D eigenvalue weighted by atomic mass is 79.9. The normalized spacial score (nSPS) is 11.1. The van der Waals surface area contributed by atoms with E-state index < -0.39 is 0 Å². The highest BCUT2D eigenvalue weighted by molar-refractivity contribution is 9.10. The fraction of sp³-hybridized carbons (Fsp3) is 0.556. The molecule has 0 aromatic carbocycles. The largest absolute Gasteiger partial charge is 0.378 e. The van der Waals surface area contributed by atoms with E-state index in [1.165, 1.54) is 0 Å². The van der Waals surface area contributed by atoms with Gasteiger partial charge in [0.15, 0.2) is 0 Å². The highest BCUT2D eigenvalue weighted by Gasteiger charge is 2.10. The quantitative estimate of drug-likeness (QED) is 0.797. The van der Waals surface area contributed by atoms with Gasteiger partial charge in [-0.25, -0.2) is 9.97 Å². The van der Waals surface area contributed by atoms with Gasteiger partial charge < -0.3 is 9.64 Å². The third-order valence-corrected chi connectivity index (χ3v) is 3.00. The Balaban J connectivity index is 3.00. The number of methoxy groups -OCH3 is 1.